The van der Waals surface area contributed by atoms with E-state index in [1.54, 1.807) is 6.92 Å². The molecule has 0 aliphatic rings. The SMILES string of the molecule is CCOC(=O)c1sc2nc(CC(=O)OC)nc(Nc3cccc(C)c3)c2c1C. The van der Waals surface area contributed by atoms with Gasteiger partial charge in [0.25, 0.3) is 0 Å². The van der Waals surface area contributed by atoms with Gasteiger partial charge in [-0.2, -0.15) is 0 Å². The number of anilines is 2. The predicted octanol–water partition coefficient (Wildman–Crippen LogP) is 3.94. The third-order valence-corrected chi connectivity index (χ3v) is 5.27. The molecule has 0 unspecified atom stereocenters. The number of carbonyl (C=O) groups is 2. The number of methoxy groups -OCH3 is 1. The third-order valence-electron chi connectivity index (χ3n) is 4.11. The van der Waals surface area contributed by atoms with Gasteiger partial charge in [0.05, 0.1) is 19.1 Å². The lowest BCUT2D eigenvalue weighted by molar-refractivity contribution is -0.139. The molecule has 0 spiro atoms. The van der Waals surface area contributed by atoms with Crippen molar-refractivity contribution in [2.75, 3.05) is 19.0 Å². The van der Waals surface area contributed by atoms with Gasteiger partial charge >= 0.3 is 11.9 Å². The number of nitrogens with one attached hydrogen (secondary N) is 1. The van der Waals surface area contributed by atoms with Crippen molar-refractivity contribution in [3.05, 3.63) is 46.1 Å². The zero-order valence-corrected chi connectivity index (χ0v) is 17.0. The molecule has 3 rings (SSSR count). The zero-order valence-electron chi connectivity index (χ0n) is 16.2. The van der Waals surface area contributed by atoms with Gasteiger partial charge < -0.3 is 14.8 Å². The number of benzene rings is 1. The molecule has 2 aromatic heterocycles. The lowest BCUT2D eigenvalue weighted by Crippen LogP contribution is -2.09. The number of thiophene rings is 1. The summed E-state index contributed by atoms with van der Waals surface area (Å²) in [5.41, 5.74) is 2.70. The van der Waals surface area contributed by atoms with E-state index < -0.39 is 5.97 Å². The minimum atomic E-state index is -0.431. The number of hydrogen-bond acceptors (Lipinski definition) is 8. The molecule has 1 aromatic carbocycles. The summed E-state index contributed by atoms with van der Waals surface area (Å²) < 4.78 is 9.88. The highest BCUT2D eigenvalue weighted by Crippen LogP contribution is 2.35. The fourth-order valence-corrected chi connectivity index (χ4v) is 3.90. The Morgan fingerprint density at radius 1 is 1.21 bits per heavy atom. The van der Waals surface area contributed by atoms with Crippen LogP contribution in [0.25, 0.3) is 10.2 Å². The zero-order chi connectivity index (χ0) is 20.3. The maximum absolute atomic E-state index is 12.3. The molecule has 0 radical (unpaired) electrons. The summed E-state index contributed by atoms with van der Waals surface area (Å²) in [7, 11) is 1.32. The van der Waals surface area contributed by atoms with Crippen LogP contribution in [0.1, 0.15) is 33.5 Å². The number of esters is 2. The molecule has 0 saturated heterocycles. The molecule has 2 heterocycles. The van der Waals surface area contributed by atoms with Gasteiger partial charge in [-0.25, -0.2) is 14.8 Å². The number of carbonyl (C=O) groups excluding carboxylic acids is 2. The average molecular weight is 399 g/mol. The summed E-state index contributed by atoms with van der Waals surface area (Å²) in [6.45, 7) is 5.90. The van der Waals surface area contributed by atoms with Crippen molar-refractivity contribution in [3.63, 3.8) is 0 Å². The molecule has 7 nitrogen and oxygen atoms in total. The highest BCUT2D eigenvalue weighted by Gasteiger charge is 2.22. The van der Waals surface area contributed by atoms with Gasteiger partial charge in [0.2, 0.25) is 0 Å². The van der Waals surface area contributed by atoms with Crippen LogP contribution < -0.4 is 5.32 Å². The average Bonchev–Trinajstić information content (AvgIpc) is 2.98. The Bertz CT molecular complexity index is 1050. The lowest BCUT2D eigenvalue weighted by Gasteiger charge is -2.10. The van der Waals surface area contributed by atoms with Crippen molar-refractivity contribution in [2.45, 2.75) is 27.2 Å². The quantitative estimate of drug-likeness (QED) is 0.628. The Balaban J connectivity index is 2.14. The fourth-order valence-electron chi connectivity index (χ4n) is 2.80. The second-order valence-corrected chi connectivity index (χ2v) is 7.19. The van der Waals surface area contributed by atoms with Crippen molar-refractivity contribution in [1.82, 2.24) is 9.97 Å². The van der Waals surface area contributed by atoms with Gasteiger partial charge in [0.15, 0.2) is 0 Å². The largest absolute Gasteiger partial charge is 0.469 e. The number of nitrogens with zero attached hydrogens (tertiary/aromatic N) is 2. The summed E-state index contributed by atoms with van der Waals surface area (Å²) in [5.74, 6) is 0.0451. The van der Waals surface area contributed by atoms with E-state index in [4.69, 9.17) is 9.47 Å². The molecule has 1 N–H and O–H groups in total. The smallest absolute Gasteiger partial charge is 0.348 e. The first-order chi connectivity index (χ1) is 13.4. The van der Waals surface area contributed by atoms with Crippen molar-refractivity contribution < 1.29 is 19.1 Å². The van der Waals surface area contributed by atoms with Gasteiger partial charge in [0, 0.05) is 5.69 Å². The standard InChI is InChI=1S/C20H21N3O4S/c1-5-27-20(25)17-12(3)16-18(21-13-8-6-7-11(2)9-13)22-14(10-15(24)26-4)23-19(16)28-17/h6-9H,5,10H2,1-4H3,(H,21,22,23). The normalized spacial score (nSPS) is 10.7. The Kier molecular flexibility index (Phi) is 5.89. The Labute approximate surface area is 166 Å². The number of aromatic nitrogens is 2. The van der Waals surface area contributed by atoms with E-state index in [9.17, 15) is 9.59 Å². The molecule has 28 heavy (non-hydrogen) atoms. The Hall–Kier alpha value is -3.00. The van der Waals surface area contributed by atoms with Gasteiger partial charge in [-0.05, 0) is 44.0 Å². The number of fused-ring (bicyclic) bond motifs is 1. The predicted molar refractivity (Wildman–Crippen MR) is 108 cm³/mol. The minimum Gasteiger partial charge on any atom is -0.469 e. The van der Waals surface area contributed by atoms with Crippen molar-refractivity contribution in [3.8, 4) is 0 Å². The number of rotatable bonds is 6. The van der Waals surface area contributed by atoms with Gasteiger partial charge in [-0.15, -0.1) is 11.3 Å². The maximum atomic E-state index is 12.3. The first-order valence-electron chi connectivity index (χ1n) is 8.80. The number of hydrogen-bond donors (Lipinski definition) is 1. The minimum absolute atomic E-state index is 0.0549. The van der Waals surface area contributed by atoms with E-state index in [0.717, 1.165) is 22.2 Å². The summed E-state index contributed by atoms with van der Waals surface area (Å²) in [6, 6.07) is 7.85. The molecule has 0 bridgehead atoms. The second kappa shape index (κ2) is 8.35. The van der Waals surface area contributed by atoms with E-state index >= 15 is 0 Å². The van der Waals surface area contributed by atoms with E-state index in [2.05, 4.69) is 15.3 Å². The van der Waals surface area contributed by atoms with Crippen molar-refractivity contribution in [2.24, 2.45) is 0 Å². The molecular formula is C20H21N3O4S. The molecule has 0 aliphatic carbocycles. The molecule has 146 valence electrons. The number of ether oxygens (including phenoxy) is 2. The van der Waals surface area contributed by atoms with E-state index in [-0.39, 0.29) is 12.4 Å². The van der Waals surface area contributed by atoms with Crippen LogP contribution in [-0.4, -0.2) is 35.6 Å². The molecule has 8 heteroatoms. The van der Waals surface area contributed by atoms with E-state index in [0.29, 0.717) is 28.0 Å². The van der Waals surface area contributed by atoms with Crippen LogP contribution in [0.15, 0.2) is 24.3 Å². The van der Waals surface area contributed by atoms with E-state index in [1.807, 2.05) is 38.1 Å². The van der Waals surface area contributed by atoms with Crippen LogP contribution in [0.4, 0.5) is 11.5 Å². The molecule has 0 aliphatic heterocycles. The highest BCUT2D eigenvalue weighted by molar-refractivity contribution is 7.20. The third kappa shape index (κ3) is 4.12. The van der Waals surface area contributed by atoms with Gasteiger partial charge in [-0.3, -0.25) is 4.79 Å². The first-order valence-corrected chi connectivity index (χ1v) is 9.62. The summed E-state index contributed by atoms with van der Waals surface area (Å²) in [5, 5.41) is 4.03. The fraction of sp³-hybridized carbons (Fsp3) is 0.300. The highest BCUT2D eigenvalue weighted by atomic mass is 32.1. The van der Waals surface area contributed by atoms with Crippen LogP contribution in [0.5, 0.6) is 0 Å². The van der Waals surface area contributed by atoms with Crippen molar-refractivity contribution >= 4 is 45.0 Å². The second-order valence-electron chi connectivity index (χ2n) is 6.19. The summed E-state index contributed by atoms with van der Waals surface area (Å²) >= 11 is 1.23. The maximum Gasteiger partial charge on any atom is 0.348 e. The van der Waals surface area contributed by atoms with Crippen LogP contribution in [0.3, 0.4) is 0 Å². The summed E-state index contributed by atoms with van der Waals surface area (Å²) in [4.78, 5) is 34.1. The van der Waals surface area contributed by atoms with Crippen LogP contribution in [0.2, 0.25) is 0 Å². The van der Waals surface area contributed by atoms with Crippen LogP contribution in [-0.2, 0) is 20.7 Å². The lowest BCUT2D eigenvalue weighted by atomic mass is 10.2. The van der Waals surface area contributed by atoms with E-state index in [1.165, 1.54) is 18.4 Å². The monoisotopic (exact) mass is 399 g/mol. The van der Waals surface area contributed by atoms with Gasteiger partial charge in [0.1, 0.15) is 27.8 Å². The van der Waals surface area contributed by atoms with Crippen LogP contribution in [0, 0.1) is 13.8 Å². The molecule has 0 fully saturated rings. The molecule has 3 aromatic rings. The molecular weight excluding hydrogens is 378 g/mol. The van der Waals surface area contributed by atoms with Crippen LogP contribution >= 0.6 is 11.3 Å². The Morgan fingerprint density at radius 2 is 2.00 bits per heavy atom. The Morgan fingerprint density at radius 3 is 2.68 bits per heavy atom. The molecule has 0 atom stereocenters. The first kappa shape index (κ1) is 19.8. The van der Waals surface area contributed by atoms with Crippen molar-refractivity contribution in [1.29, 1.82) is 0 Å². The summed E-state index contributed by atoms with van der Waals surface area (Å²) in [6.07, 6.45) is -0.0549. The van der Waals surface area contributed by atoms with Gasteiger partial charge in [-0.1, -0.05) is 12.1 Å². The topological polar surface area (TPSA) is 90.4 Å². The molecule has 0 amide bonds. The number of aryl methyl sites for hydroxylation is 2. The molecule has 0 saturated carbocycles.